The van der Waals surface area contributed by atoms with Crippen molar-refractivity contribution in [3.05, 3.63) is 52.7 Å². The quantitative estimate of drug-likeness (QED) is 0.589. The van der Waals surface area contributed by atoms with E-state index < -0.39 is 0 Å². The Labute approximate surface area is 187 Å². The topological polar surface area (TPSA) is 70.1 Å². The molecule has 7 nitrogen and oxygen atoms in total. The smallest absolute Gasteiger partial charge is 0.337 e. The maximum atomic E-state index is 12.1. The molecule has 2 aliphatic heterocycles. The van der Waals surface area contributed by atoms with Gasteiger partial charge < -0.3 is 23.8 Å². The number of nitrogens with zero attached hydrogens (tertiary/aromatic N) is 2. The summed E-state index contributed by atoms with van der Waals surface area (Å²) >= 11 is 6.18. The summed E-state index contributed by atoms with van der Waals surface area (Å²) in [6, 6.07) is 9.12. The van der Waals surface area contributed by atoms with E-state index in [4.69, 9.17) is 30.5 Å². The van der Waals surface area contributed by atoms with Crippen molar-refractivity contribution in [2.75, 3.05) is 31.7 Å². The van der Waals surface area contributed by atoms with Crippen LogP contribution in [0.5, 0.6) is 5.88 Å². The van der Waals surface area contributed by atoms with Gasteiger partial charge in [0.1, 0.15) is 11.1 Å². The van der Waals surface area contributed by atoms with Crippen LogP contribution in [0.15, 0.2) is 36.5 Å². The molecular formula is C23H27ClN2O5. The number of rotatable bonds is 7. The Morgan fingerprint density at radius 3 is 2.97 bits per heavy atom. The lowest BCUT2D eigenvalue weighted by atomic mass is 10.1. The molecule has 0 radical (unpaired) electrons. The lowest BCUT2D eigenvalue weighted by Crippen LogP contribution is -2.26. The number of anilines is 1. The fourth-order valence-corrected chi connectivity index (χ4v) is 4.10. The zero-order chi connectivity index (χ0) is 21.6. The van der Waals surface area contributed by atoms with Crippen molar-refractivity contribution < 1.29 is 23.7 Å². The van der Waals surface area contributed by atoms with Crippen LogP contribution in [-0.4, -0.2) is 50.2 Å². The molecule has 1 aromatic heterocycles. The summed E-state index contributed by atoms with van der Waals surface area (Å²) in [4.78, 5) is 18.5. The third-order valence-electron chi connectivity index (χ3n) is 5.55. The molecule has 166 valence electrons. The van der Waals surface area contributed by atoms with Crippen LogP contribution in [0.25, 0.3) is 0 Å². The molecule has 3 heterocycles. The standard InChI is InChI=1S/C23H27ClN2O5/c1-28-23(27)16-7-8-20(17(13-16)15-30-21-6-2-3-12-29-21)26-11-9-18(14-26)31-22-19(24)5-4-10-25-22/h4-5,7-8,10,13,18,21H,2-3,6,9,11-12,14-15H2,1H3/t18-,21?/m0/s1. The number of halogens is 1. The Morgan fingerprint density at radius 1 is 1.29 bits per heavy atom. The van der Waals surface area contributed by atoms with E-state index in [1.165, 1.54) is 7.11 Å². The zero-order valence-corrected chi connectivity index (χ0v) is 18.3. The van der Waals surface area contributed by atoms with E-state index in [0.717, 1.165) is 50.1 Å². The normalized spacial score (nSPS) is 21.2. The van der Waals surface area contributed by atoms with Crippen LogP contribution in [0.4, 0.5) is 5.69 Å². The fraction of sp³-hybridized carbons (Fsp3) is 0.478. The number of hydrogen-bond acceptors (Lipinski definition) is 7. The Kier molecular flexibility index (Phi) is 7.27. The molecule has 0 bridgehead atoms. The van der Waals surface area contributed by atoms with E-state index >= 15 is 0 Å². The largest absolute Gasteiger partial charge is 0.471 e. The van der Waals surface area contributed by atoms with Gasteiger partial charge in [-0.2, -0.15) is 0 Å². The first kappa shape index (κ1) is 21.9. The van der Waals surface area contributed by atoms with Crippen molar-refractivity contribution in [2.45, 2.75) is 44.7 Å². The van der Waals surface area contributed by atoms with Gasteiger partial charge in [-0.25, -0.2) is 9.78 Å². The summed E-state index contributed by atoms with van der Waals surface area (Å²) in [5, 5.41) is 0.505. The molecule has 2 fully saturated rings. The number of carbonyl (C=O) groups excluding carboxylic acids is 1. The second kappa shape index (κ2) is 10.3. The van der Waals surface area contributed by atoms with Crippen LogP contribution in [-0.2, 0) is 20.8 Å². The SMILES string of the molecule is COC(=O)c1ccc(N2CC[C@H](Oc3ncccc3Cl)C2)c(COC2CCCCO2)c1. The van der Waals surface area contributed by atoms with Crippen LogP contribution in [0.3, 0.4) is 0 Å². The van der Waals surface area contributed by atoms with Crippen molar-refractivity contribution in [3.63, 3.8) is 0 Å². The summed E-state index contributed by atoms with van der Waals surface area (Å²) in [5.74, 6) is 0.0872. The third-order valence-corrected chi connectivity index (χ3v) is 5.84. The number of ether oxygens (including phenoxy) is 4. The summed E-state index contributed by atoms with van der Waals surface area (Å²) < 4.78 is 22.6. The molecule has 0 aliphatic carbocycles. The fourth-order valence-electron chi connectivity index (χ4n) is 3.94. The first-order valence-corrected chi connectivity index (χ1v) is 11.0. The maximum Gasteiger partial charge on any atom is 0.337 e. The van der Waals surface area contributed by atoms with Crippen molar-refractivity contribution >= 4 is 23.3 Å². The molecule has 0 amide bonds. The third kappa shape index (κ3) is 5.47. The van der Waals surface area contributed by atoms with Gasteiger partial charge in [0, 0.05) is 37.0 Å². The Balaban J connectivity index is 1.48. The zero-order valence-electron chi connectivity index (χ0n) is 17.6. The van der Waals surface area contributed by atoms with E-state index in [1.54, 1.807) is 24.4 Å². The molecule has 1 aromatic carbocycles. The van der Waals surface area contributed by atoms with Gasteiger partial charge in [0.15, 0.2) is 6.29 Å². The van der Waals surface area contributed by atoms with Gasteiger partial charge in [0.25, 0.3) is 0 Å². The number of methoxy groups -OCH3 is 1. The molecule has 31 heavy (non-hydrogen) atoms. The number of carbonyl (C=O) groups is 1. The van der Waals surface area contributed by atoms with Crippen LogP contribution in [0.2, 0.25) is 5.02 Å². The first-order chi connectivity index (χ1) is 15.1. The summed E-state index contributed by atoms with van der Waals surface area (Å²) in [7, 11) is 1.38. The van der Waals surface area contributed by atoms with Crippen LogP contribution >= 0.6 is 11.6 Å². The van der Waals surface area contributed by atoms with Gasteiger partial charge in [0.05, 0.1) is 25.8 Å². The van der Waals surface area contributed by atoms with Gasteiger partial charge in [0.2, 0.25) is 5.88 Å². The minimum Gasteiger partial charge on any atom is -0.471 e. The van der Waals surface area contributed by atoms with Gasteiger partial charge in [-0.05, 0) is 49.6 Å². The average molecular weight is 447 g/mol. The number of benzene rings is 1. The Bertz CT molecular complexity index is 903. The van der Waals surface area contributed by atoms with E-state index in [9.17, 15) is 4.79 Å². The lowest BCUT2D eigenvalue weighted by Gasteiger charge is -2.26. The highest BCUT2D eigenvalue weighted by atomic mass is 35.5. The molecule has 2 aromatic rings. The molecule has 1 unspecified atom stereocenters. The molecule has 2 atom stereocenters. The molecule has 4 rings (SSSR count). The van der Waals surface area contributed by atoms with E-state index in [1.807, 2.05) is 12.1 Å². The summed E-state index contributed by atoms with van der Waals surface area (Å²) in [6.07, 6.45) is 5.34. The highest BCUT2D eigenvalue weighted by molar-refractivity contribution is 6.31. The van der Waals surface area contributed by atoms with Crippen molar-refractivity contribution in [2.24, 2.45) is 0 Å². The predicted molar refractivity (Wildman–Crippen MR) is 117 cm³/mol. The molecule has 0 saturated carbocycles. The summed E-state index contributed by atoms with van der Waals surface area (Å²) in [6.45, 7) is 2.59. The highest BCUT2D eigenvalue weighted by Crippen LogP contribution is 2.30. The van der Waals surface area contributed by atoms with Crippen LogP contribution in [0, 0.1) is 0 Å². The lowest BCUT2D eigenvalue weighted by molar-refractivity contribution is -0.168. The van der Waals surface area contributed by atoms with Gasteiger partial charge in [-0.1, -0.05) is 11.6 Å². The Morgan fingerprint density at radius 2 is 2.19 bits per heavy atom. The van der Waals surface area contributed by atoms with Crippen LogP contribution < -0.4 is 9.64 Å². The number of aromatic nitrogens is 1. The molecule has 8 heteroatoms. The monoisotopic (exact) mass is 446 g/mol. The van der Waals surface area contributed by atoms with Crippen molar-refractivity contribution in [3.8, 4) is 5.88 Å². The van der Waals surface area contributed by atoms with E-state index in [-0.39, 0.29) is 18.4 Å². The average Bonchev–Trinajstić information content (AvgIpc) is 3.27. The first-order valence-electron chi connectivity index (χ1n) is 10.6. The van der Waals surface area contributed by atoms with Gasteiger partial charge in [-0.15, -0.1) is 0 Å². The van der Waals surface area contributed by atoms with Gasteiger partial charge >= 0.3 is 5.97 Å². The minimum atomic E-state index is -0.367. The number of pyridine rings is 1. The summed E-state index contributed by atoms with van der Waals surface area (Å²) in [5.41, 5.74) is 2.44. The van der Waals surface area contributed by atoms with E-state index in [2.05, 4.69) is 9.88 Å². The second-order valence-electron chi connectivity index (χ2n) is 7.71. The van der Waals surface area contributed by atoms with Gasteiger partial charge in [-0.3, -0.25) is 0 Å². The van der Waals surface area contributed by atoms with Crippen LogP contribution in [0.1, 0.15) is 41.6 Å². The second-order valence-corrected chi connectivity index (χ2v) is 8.11. The molecular weight excluding hydrogens is 420 g/mol. The number of hydrogen-bond donors (Lipinski definition) is 0. The van der Waals surface area contributed by atoms with Crippen molar-refractivity contribution in [1.29, 1.82) is 0 Å². The highest BCUT2D eigenvalue weighted by Gasteiger charge is 2.27. The molecule has 0 spiro atoms. The van der Waals surface area contributed by atoms with Crippen molar-refractivity contribution in [1.82, 2.24) is 4.98 Å². The van der Waals surface area contributed by atoms with E-state index in [0.29, 0.717) is 29.6 Å². The molecule has 0 N–H and O–H groups in total. The minimum absolute atomic E-state index is 0.0249. The molecule has 2 aliphatic rings. The predicted octanol–water partition coefficient (Wildman–Crippen LogP) is 4.22. The molecule has 2 saturated heterocycles. The Hall–Kier alpha value is -2.35. The number of esters is 1. The maximum absolute atomic E-state index is 12.1.